The van der Waals surface area contributed by atoms with Gasteiger partial charge in [-0.2, -0.15) is 0 Å². The summed E-state index contributed by atoms with van der Waals surface area (Å²) in [7, 11) is 0. The number of rotatable bonds is 5. The molecule has 0 saturated carbocycles. The van der Waals surface area contributed by atoms with Crippen molar-refractivity contribution in [3.8, 4) is 0 Å². The quantitative estimate of drug-likeness (QED) is 0.717. The van der Waals surface area contributed by atoms with Crippen LogP contribution in [0.25, 0.3) is 0 Å². The molecule has 1 heterocycles. The van der Waals surface area contributed by atoms with E-state index in [1.165, 1.54) is 0 Å². The van der Waals surface area contributed by atoms with Crippen LogP contribution in [0, 0.1) is 0 Å². The molecule has 1 amide bonds. The molecule has 1 unspecified atom stereocenters. The highest BCUT2D eigenvalue weighted by molar-refractivity contribution is 5.86. The Labute approximate surface area is 95.8 Å². The predicted octanol–water partition coefficient (Wildman–Crippen LogP) is 0.452. The monoisotopic (exact) mass is 228 g/mol. The smallest absolute Gasteiger partial charge is 0.304 e. The molecule has 1 aliphatic rings. The number of carbonyl (C=O) groups excluding carboxylic acids is 1. The summed E-state index contributed by atoms with van der Waals surface area (Å²) >= 11 is 0. The molecule has 92 valence electrons. The van der Waals surface area contributed by atoms with Crippen LogP contribution in [0.5, 0.6) is 0 Å². The maximum absolute atomic E-state index is 11.9. The topological polar surface area (TPSA) is 69.6 Å². The van der Waals surface area contributed by atoms with Crippen LogP contribution >= 0.6 is 0 Å². The lowest BCUT2D eigenvalue weighted by atomic mass is 9.90. The van der Waals surface area contributed by atoms with Crippen LogP contribution < -0.4 is 5.32 Å². The fraction of sp³-hybridized carbons (Fsp3) is 0.818. The van der Waals surface area contributed by atoms with Crippen LogP contribution in [-0.2, 0) is 9.59 Å². The lowest BCUT2D eigenvalue weighted by Gasteiger charge is -2.43. The molecule has 5 nitrogen and oxygen atoms in total. The van der Waals surface area contributed by atoms with E-state index in [2.05, 4.69) is 5.32 Å². The van der Waals surface area contributed by atoms with Crippen molar-refractivity contribution in [2.24, 2.45) is 0 Å². The van der Waals surface area contributed by atoms with Crippen molar-refractivity contribution in [3.63, 3.8) is 0 Å². The van der Waals surface area contributed by atoms with Crippen LogP contribution in [0.4, 0.5) is 0 Å². The van der Waals surface area contributed by atoms with Gasteiger partial charge in [0.25, 0.3) is 0 Å². The Hall–Kier alpha value is -1.10. The molecule has 0 bridgehead atoms. The first-order valence-electron chi connectivity index (χ1n) is 5.76. The molecule has 1 atom stereocenters. The summed E-state index contributed by atoms with van der Waals surface area (Å²) in [4.78, 5) is 24.4. The Balaban J connectivity index is 2.70. The number of amides is 1. The van der Waals surface area contributed by atoms with Gasteiger partial charge in [0.2, 0.25) is 5.91 Å². The molecule has 0 aromatic carbocycles. The van der Waals surface area contributed by atoms with Crippen molar-refractivity contribution < 1.29 is 14.7 Å². The standard InChI is InChI=1S/C11H20N2O3/c1-3-5-11(2)10(16)12-6-8-13(11)7-4-9(14)15/h3-8H2,1-2H3,(H,12,16)(H,14,15). The summed E-state index contributed by atoms with van der Waals surface area (Å²) < 4.78 is 0. The summed E-state index contributed by atoms with van der Waals surface area (Å²) in [5.74, 6) is -0.796. The SMILES string of the molecule is CCCC1(C)C(=O)NCCN1CCC(=O)O. The van der Waals surface area contributed by atoms with Crippen molar-refractivity contribution in [3.05, 3.63) is 0 Å². The second-order valence-corrected chi connectivity index (χ2v) is 4.41. The molecular formula is C11H20N2O3. The van der Waals surface area contributed by atoms with E-state index in [4.69, 9.17) is 5.11 Å². The predicted molar refractivity (Wildman–Crippen MR) is 60.1 cm³/mol. The molecule has 0 aromatic heterocycles. The first-order chi connectivity index (χ1) is 7.50. The highest BCUT2D eigenvalue weighted by Gasteiger charge is 2.40. The molecule has 5 heteroatoms. The third-order valence-corrected chi connectivity index (χ3v) is 3.19. The lowest BCUT2D eigenvalue weighted by Crippen LogP contribution is -2.63. The zero-order valence-electron chi connectivity index (χ0n) is 9.95. The normalized spacial score (nSPS) is 26.5. The van der Waals surface area contributed by atoms with Gasteiger partial charge in [0, 0.05) is 19.6 Å². The zero-order valence-corrected chi connectivity index (χ0v) is 9.95. The van der Waals surface area contributed by atoms with E-state index >= 15 is 0 Å². The Kier molecular flexibility index (Phi) is 4.29. The molecular weight excluding hydrogens is 208 g/mol. The zero-order chi connectivity index (χ0) is 12.2. The second kappa shape index (κ2) is 5.30. The maximum atomic E-state index is 11.9. The van der Waals surface area contributed by atoms with Gasteiger partial charge in [-0.05, 0) is 13.3 Å². The van der Waals surface area contributed by atoms with Gasteiger partial charge in [-0.1, -0.05) is 13.3 Å². The van der Waals surface area contributed by atoms with Crippen LogP contribution in [-0.4, -0.2) is 47.1 Å². The molecule has 1 aliphatic heterocycles. The summed E-state index contributed by atoms with van der Waals surface area (Å²) in [5.41, 5.74) is -0.539. The highest BCUT2D eigenvalue weighted by atomic mass is 16.4. The van der Waals surface area contributed by atoms with Crippen molar-refractivity contribution in [1.82, 2.24) is 10.2 Å². The number of nitrogens with zero attached hydrogens (tertiary/aromatic N) is 1. The van der Waals surface area contributed by atoms with Gasteiger partial charge in [0.1, 0.15) is 0 Å². The van der Waals surface area contributed by atoms with E-state index in [1.54, 1.807) is 0 Å². The van der Waals surface area contributed by atoms with Crippen LogP contribution in [0.2, 0.25) is 0 Å². The van der Waals surface area contributed by atoms with E-state index in [9.17, 15) is 9.59 Å². The van der Waals surface area contributed by atoms with E-state index < -0.39 is 11.5 Å². The Bertz CT molecular complexity index is 280. The number of nitrogens with one attached hydrogen (secondary N) is 1. The van der Waals surface area contributed by atoms with Gasteiger partial charge in [-0.25, -0.2) is 0 Å². The summed E-state index contributed by atoms with van der Waals surface area (Å²) in [6.45, 7) is 5.71. The molecule has 0 aromatic rings. The van der Waals surface area contributed by atoms with Crippen LogP contribution in [0.1, 0.15) is 33.1 Å². The van der Waals surface area contributed by atoms with E-state index in [0.717, 1.165) is 19.4 Å². The molecule has 1 fully saturated rings. The fourth-order valence-electron chi connectivity index (χ4n) is 2.23. The molecule has 1 rings (SSSR count). The minimum Gasteiger partial charge on any atom is -0.481 e. The maximum Gasteiger partial charge on any atom is 0.304 e. The molecule has 1 saturated heterocycles. The fourth-order valence-corrected chi connectivity index (χ4v) is 2.23. The van der Waals surface area contributed by atoms with E-state index in [1.807, 2.05) is 18.7 Å². The van der Waals surface area contributed by atoms with E-state index in [0.29, 0.717) is 13.1 Å². The average Bonchev–Trinajstić information content (AvgIpc) is 2.21. The van der Waals surface area contributed by atoms with Crippen molar-refractivity contribution in [2.75, 3.05) is 19.6 Å². The van der Waals surface area contributed by atoms with Crippen molar-refractivity contribution >= 4 is 11.9 Å². The van der Waals surface area contributed by atoms with Crippen LogP contribution in [0.15, 0.2) is 0 Å². The van der Waals surface area contributed by atoms with Gasteiger partial charge in [-0.15, -0.1) is 0 Å². The molecule has 16 heavy (non-hydrogen) atoms. The molecule has 0 aliphatic carbocycles. The summed E-state index contributed by atoms with van der Waals surface area (Å²) in [6, 6.07) is 0. The summed E-state index contributed by atoms with van der Waals surface area (Å²) in [6.07, 6.45) is 1.76. The average molecular weight is 228 g/mol. The van der Waals surface area contributed by atoms with Gasteiger partial charge < -0.3 is 10.4 Å². The highest BCUT2D eigenvalue weighted by Crippen LogP contribution is 2.24. The largest absolute Gasteiger partial charge is 0.481 e. The third kappa shape index (κ3) is 2.72. The first kappa shape index (κ1) is 13.0. The van der Waals surface area contributed by atoms with Crippen molar-refractivity contribution in [2.45, 2.75) is 38.6 Å². The van der Waals surface area contributed by atoms with Gasteiger partial charge >= 0.3 is 5.97 Å². The Morgan fingerprint density at radius 3 is 2.88 bits per heavy atom. The third-order valence-electron chi connectivity index (χ3n) is 3.19. The van der Waals surface area contributed by atoms with Crippen molar-refractivity contribution in [1.29, 1.82) is 0 Å². The van der Waals surface area contributed by atoms with Crippen LogP contribution in [0.3, 0.4) is 0 Å². The van der Waals surface area contributed by atoms with E-state index in [-0.39, 0.29) is 12.3 Å². The second-order valence-electron chi connectivity index (χ2n) is 4.41. The lowest BCUT2D eigenvalue weighted by molar-refractivity contribution is -0.142. The van der Waals surface area contributed by atoms with Gasteiger partial charge in [-0.3, -0.25) is 14.5 Å². The summed E-state index contributed by atoms with van der Waals surface area (Å²) in [5, 5.41) is 11.5. The van der Waals surface area contributed by atoms with Gasteiger partial charge in [0.15, 0.2) is 0 Å². The Morgan fingerprint density at radius 2 is 2.31 bits per heavy atom. The van der Waals surface area contributed by atoms with Gasteiger partial charge in [0.05, 0.1) is 12.0 Å². The number of aliphatic carboxylic acids is 1. The Morgan fingerprint density at radius 1 is 1.62 bits per heavy atom. The minimum atomic E-state index is -0.815. The number of carbonyl (C=O) groups is 2. The number of hydrogen-bond donors (Lipinski definition) is 2. The molecule has 0 spiro atoms. The number of carboxylic acids is 1. The first-order valence-corrected chi connectivity index (χ1v) is 5.76. The minimum absolute atomic E-state index is 0.0194. The number of piperazine rings is 1. The number of carboxylic acid groups (broad SMARTS) is 1. The number of hydrogen-bond acceptors (Lipinski definition) is 3. The molecule has 0 radical (unpaired) electrons. The molecule has 2 N–H and O–H groups in total.